The Labute approximate surface area is 174 Å². The monoisotopic (exact) mass is 426 g/mol. The van der Waals surface area contributed by atoms with Gasteiger partial charge in [-0.2, -0.15) is 5.10 Å². The van der Waals surface area contributed by atoms with E-state index in [1.165, 1.54) is 12.3 Å². The number of hydrogen-bond donors (Lipinski definition) is 1. The number of para-hydroxylation sites is 1. The molecule has 1 N–H and O–H groups in total. The van der Waals surface area contributed by atoms with Crippen molar-refractivity contribution in [1.82, 2.24) is 10.2 Å². The zero-order chi connectivity index (χ0) is 21.3. The molecule has 1 aliphatic rings. The molecule has 2 heterocycles. The van der Waals surface area contributed by atoms with Crippen LogP contribution in [0, 0.1) is 10.1 Å². The molecule has 0 unspecified atom stereocenters. The first-order chi connectivity index (χ1) is 14.3. The van der Waals surface area contributed by atoms with Crippen LogP contribution in [0.3, 0.4) is 0 Å². The number of rotatable bonds is 5. The van der Waals surface area contributed by atoms with E-state index in [1.807, 2.05) is 24.3 Å². The number of sulfone groups is 1. The number of anilines is 1. The first kappa shape index (κ1) is 20.1. The van der Waals surface area contributed by atoms with E-state index in [2.05, 4.69) is 15.1 Å². The van der Waals surface area contributed by atoms with Gasteiger partial charge in [-0.1, -0.05) is 18.2 Å². The average Bonchev–Trinajstić information content (AvgIpc) is 3.14. The number of H-pyrrole nitrogens is 1. The number of aromatic nitrogens is 2. The normalized spacial score (nSPS) is 15.8. The van der Waals surface area contributed by atoms with Crippen molar-refractivity contribution >= 4 is 44.3 Å². The minimum Gasteiger partial charge on any atom is -0.371 e. The number of nitro benzene ring substituents is 1. The molecule has 0 amide bonds. The molecule has 1 aliphatic heterocycles. The maximum absolute atomic E-state index is 11.8. The van der Waals surface area contributed by atoms with Crippen LogP contribution in [0.1, 0.15) is 24.1 Å². The van der Waals surface area contributed by atoms with Gasteiger partial charge in [-0.15, -0.1) is 0 Å². The largest absolute Gasteiger partial charge is 0.371 e. The van der Waals surface area contributed by atoms with Gasteiger partial charge in [0.25, 0.3) is 5.69 Å². The van der Waals surface area contributed by atoms with Gasteiger partial charge in [-0.05, 0) is 43.2 Å². The lowest BCUT2D eigenvalue weighted by Gasteiger charge is -2.32. The van der Waals surface area contributed by atoms with E-state index in [0.29, 0.717) is 37.2 Å². The minimum absolute atomic E-state index is 0.0147. The first-order valence-corrected chi connectivity index (χ1v) is 11.6. The summed E-state index contributed by atoms with van der Waals surface area (Å²) >= 11 is 0. The Morgan fingerprint density at radius 2 is 1.90 bits per heavy atom. The van der Waals surface area contributed by atoms with Crippen molar-refractivity contribution in [2.45, 2.75) is 18.1 Å². The van der Waals surface area contributed by atoms with Crippen molar-refractivity contribution in [2.24, 2.45) is 0 Å². The summed E-state index contributed by atoms with van der Waals surface area (Å²) < 4.78 is 23.6. The molecule has 0 radical (unpaired) electrons. The number of piperidine rings is 1. The van der Waals surface area contributed by atoms with Gasteiger partial charge < -0.3 is 4.90 Å². The van der Waals surface area contributed by atoms with Gasteiger partial charge in [-0.3, -0.25) is 15.2 Å². The summed E-state index contributed by atoms with van der Waals surface area (Å²) in [5, 5.41) is 19.4. The Bertz CT molecular complexity index is 1220. The lowest BCUT2D eigenvalue weighted by Crippen LogP contribution is -2.39. The van der Waals surface area contributed by atoms with Crippen LogP contribution in [0.15, 0.2) is 42.5 Å². The number of nitrogens with zero attached hydrogens (tertiary/aromatic N) is 3. The Hall–Kier alpha value is -3.20. The van der Waals surface area contributed by atoms with Crippen molar-refractivity contribution in [3.05, 3.63) is 63.8 Å². The highest BCUT2D eigenvalue weighted by Gasteiger charge is 2.27. The number of aromatic amines is 1. The smallest absolute Gasteiger partial charge is 0.276 e. The van der Waals surface area contributed by atoms with Crippen molar-refractivity contribution in [3.8, 4) is 0 Å². The van der Waals surface area contributed by atoms with E-state index in [1.54, 1.807) is 24.3 Å². The number of nitrogens with one attached hydrogen (secondary N) is 1. The summed E-state index contributed by atoms with van der Waals surface area (Å²) in [5.74, 6) is 0. The Morgan fingerprint density at radius 1 is 1.17 bits per heavy atom. The Balaban J connectivity index is 1.62. The second-order valence-electron chi connectivity index (χ2n) is 7.50. The molecule has 0 saturated carbocycles. The van der Waals surface area contributed by atoms with Crippen LogP contribution < -0.4 is 4.90 Å². The molecule has 2 aromatic carbocycles. The molecule has 9 heteroatoms. The van der Waals surface area contributed by atoms with Gasteiger partial charge in [0.15, 0.2) is 0 Å². The van der Waals surface area contributed by atoms with Gasteiger partial charge in [-0.25, -0.2) is 8.42 Å². The van der Waals surface area contributed by atoms with Gasteiger partial charge in [0.1, 0.15) is 9.84 Å². The third-order valence-electron chi connectivity index (χ3n) is 5.54. The number of nitro groups is 1. The molecular weight excluding hydrogens is 404 g/mol. The predicted octanol–water partition coefficient (Wildman–Crippen LogP) is 3.65. The van der Waals surface area contributed by atoms with Crippen LogP contribution in [-0.2, 0) is 9.84 Å². The first-order valence-electron chi connectivity index (χ1n) is 9.66. The number of benzene rings is 2. The molecule has 3 aromatic rings. The van der Waals surface area contributed by atoms with E-state index >= 15 is 0 Å². The quantitative estimate of drug-likeness (QED) is 0.493. The van der Waals surface area contributed by atoms with Crippen LogP contribution in [0.25, 0.3) is 23.1 Å². The molecule has 0 bridgehead atoms. The fraction of sp³-hybridized carbons (Fsp3) is 0.286. The summed E-state index contributed by atoms with van der Waals surface area (Å²) in [6, 6.07) is 12.7. The lowest BCUT2D eigenvalue weighted by atomic mass is 10.1. The zero-order valence-electron chi connectivity index (χ0n) is 16.5. The molecular formula is C21H22N4O4S. The molecule has 30 heavy (non-hydrogen) atoms. The maximum Gasteiger partial charge on any atom is 0.276 e. The van der Waals surface area contributed by atoms with Crippen LogP contribution in [0.2, 0.25) is 0 Å². The lowest BCUT2D eigenvalue weighted by molar-refractivity contribution is -0.385. The van der Waals surface area contributed by atoms with Gasteiger partial charge >= 0.3 is 0 Å². The van der Waals surface area contributed by atoms with Crippen molar-refractivity contribution in [3.63, 3.8) is 0 Å². The highest BCUT2D eigenvalue weighted by Crippen LogP contribution is 2.30. The fourth-order valence-corrected chi connectivity index (χ4v) is 4.93. The number of fused-ring (bicyclic) bond motifs is 1. The third kappa shape index (κ3) is 4.06. The van der Waals surface area contributed by atoms with E-state index in [4.69, 9.17) is 0 Å². The second-order valence-corrected chi connectivity index (χ2v) is 9.83. The molecule has 0 spiro atoms. The molecule has 156 valence electrons. The molecule has 1 fully saturated rings. The minimum atomic E-state index is -3.05. The third-order valence-corrected chi connectivity index (χ3v) is 7.22. The van der Waals surface area contributed by atoms with E-state index in [9.17, 15) is 18.5 Å². The standard InChI is InChI=1S/C21H22N4O4S/c1-30(28,29)17-10-12-24(13-11-17)16-7-9-21(25(26)27)15(14-16)6-8-20-18-4-2-3-5-19(18)22-23-20/h2-9,14,17H,10-13H2,1H3,(H,22,23)/b8-6+. The van der Waals surface area contributed by atoms with Crippen LogP contribution in [-0.4, -0.2) is 48.1 Å². The molecule has 1 saturated heterocycles. The predicted molar refractivity (Wildman–Crippen MR) is 118 cm³/mol. The second kappa shape index (κ2) is 7.91. The van der Waals surface area contributed by atoms with E-state index in [-0.39, 0.29) is 10.9 Å². The van der Waals surface area contributed by atoms with E-state index < -0.39 is 14.8 Å². The summed E-state index contributed by atoms with van der Waals surface area (Å²) in [7, 11) is -3.05. The van der Waals surface area contributed by atoms with E-state index in [0.717, 1.165) is 16.6 Å². The summed E-state index contributed by atoms with van der Waals surface area (Å²) in [5.41, 5.74) is 2.95. The molecule has 0 aliphatic carbocycles. The van der Waals surface area contributed by atoms with Crippen LogP contribution >= 0.6 is 0 Å². The molecule has 4 rings (SSSR count). The van der Waals surface area contributed by atoms with Gasteiger partial charge in [0.05, 0.1) is 26.9 Å². The zero-order valence-corrected chi connectivity index (χ0v) is 17.3. The maximum atomic E-state index is 11.8. The van der Waals surface area contributed by atoms with Gasteiger partial charge in [0.2, 0.25) is 0 Å². The molecule has 0 atom stereocenters. The van der Waals surface area contributed by atoms with Crippen molar-refractivity contribution in [2.75, 3.05) is 24.2 Å². The number of hydrogen-bond acceptors (Lipinski definition) is 6. The SMILES string of the molecule is CS(=O)(=O)C1CCN(c2ccc([N+](=O)[O-])c(/C=C/c3n[nH]c4ccccc34)c2)CC1. The highest BCUT2D eigenvalue weighted by molar-refractivity contribution is 7.91. The van der Waals surface area contributed by atoms with Gasteiger partial charge in [0, 0.05) is 36.5 Å². The average molecular weight is 426 g/mol. The summed E-state index contributed by atoms with van der Waals surface area (Å²) in [4.78, 5) is 13.2. The highest BCUT2D eigenvalue weighted by atomic mass is 32.2. The van der Waals surface area contributed by atoms with Crippen LogP contribution in [0.4, 0.5) is 11.4 Å². The van der Waals surface area contributed by atoms with Crippen molar-refractivity contribution < 1.29 is 13.3 Å². The van der Waals surface area contributed by atoms with Crippen LogP contribution in [0.5, 0.6) is 0 Å². The summed E-state index contributed by atoms with van der Waals surface area (Å²) in [6.07, 6.45) is 5.86. The molecule has 1 aromatic heterocycles. The van der Waals surface area contributed by atoms with Crippen molar-refractivity contribution in [1.29, 1.82) is 0 Å². The topological polar surface area (TPSA) is 109 Å². The summed E-state index contributed by atoms with van der Waals surface area (Å²) in [6.45, 7) is 1.20. The molecule has 8 nitrogen and oxygen atoms in total. The fourth-order valence-electron chi connectivity index (χ4n) is 3.86. The Morgan fingerprint density at radius 3 is 2.60 bits per heavy atom. The Kier molecular flexibility index (Phi) is 5.29.